The lowest BCUT2D eigenvalue weighted by Crippen LogP contribution is -2.36. The first-order valence-electron chi connectivity index (χ1n) is 5.68. The molecule has 1 aromatic heterocycles. The molecule has 2 rings (SSSR count). The summed E-state index contributed by atoms with van der Waals surface area (Å²) in [7, 11) is 2.05. The monoisotopic (exact) mass is 244 g/mol. The number of rotatable bonds is 3. The highest BCUT2D eigenvalue weighted by molar-refractivity contribution is 5.85. The summed E-state index contributed by atoms with van der Waals surface area (Å²) in [6.07, 6.45) is 6.34. The lowest BCUT2D eigenvalue weighted by Gasteiger charge is -2.30. The predicted molar refractivity (Wildman–Crippen MR) is 67.5 cm³/mol. The largest absolute Gasteiger partial charge is 0.337 e. The van der Waals surface area contributed by atoms with Gasteiger partial charge in [-0.1, -0.05) is 0 Å². The first-order chi connectivity index (χ1) is 7.29. The van der Waals surface area contributed by atoms with Crippen LogP contribution in [0, 0.1) is 5.92 Å². The molecule has 2 N–H and O–H groups in total. The van der Waals surface area contributed by atoms with Crippen LogP contribution in [0.25, 0.3) is 0 Å². The van der Waals surface area contributed by atoms with Crippen molar-refractivity contribution in [1.29, 1.82) is 0 Å². The van der Waals surface area contributed by atoms with E-state index >= 15 is 0 Å². The zero-order chi connectivity index (χ0) is 10.7. The van der Waals surface area contributed by atoms with Crippen LogP contribution in [0.1, 0.15) is 18.7 Å². The summed E-state index contributed by atoms with van der Waals surface area (Å²) in [6, 6.07) is 0. The highest BCUT2D eigenvalue weighted by Crippen LogP contribution is 2.17. The number of piperidine rings is 1. The predicted octanol–water partition coefficient (Wildman–Crippen LogP) is 1.01. The van der Waals surface area contributed by atoms with Gasteiger partial charge in [-0.2, -0.15) is 0 Å². The van der Waals surface area contributed by atoms with Crippen LogP contribution in [-0.2, 0) is 13.6 Å². The van der Waals surface area contributed by atoms with Crippen LogP contribution in [-0.4, -0.2) is 34.1 Å². The van der Waals surface area contributed by atoms with Gasteiger partial charge in [0.05, 0.1) is 6.54 Å². The smallest absolute Gasteiger partial charge is 0.122 e. The Labute approximate surface area is 103 Å². The van der Waals surface area contributed by atoms with Crippen LogP contribution in [0.2, 0.25) is 0 Å². The summed E-state index contributed by atoms with van der Waals surface area (Å²) in [5.74, 6) is 1.89. The second-order valence-corrected chi connectivity index (χ2v) is 4.41. The molecule has 0 unspecified atom stereocenters. The molecule has 4 nitrogen and oxygen atoms in total. The van der Waals surface area contributed by atoms with Crippen molar-refractivity contribution in [3.05, 3.63) is 18.2 Å². The van der Waals surface area contributed by atoms with Crippen LogP contribution in [0.15, 0.2) is 12.4 Å². The van der Waals surface area contributed by atoms with Crippen LogP contribution < -0.4 is 5.73 Å². The Hall–Kier alpha value is -0.580. The summed E-state index contributed by atoms with van der Waals surface area (Å²) in [5.41, 5.74) is 5.67. The van der Waals surface area contributed by atoms with Crippen LogP contribution in [0.5, 0.6) is 0 Å². The van der Waals surface area contributed by atoms with E-state index in [9.17, 15) is 0 Å². The van der Waals surface area contributed by atoms with Crippen molar-refractivity contribution in [1.82, 2.24) is 14.5 Å². The second-order valence-electron chi connectivity index (χ2n) is 4.41. The van der Waals surface area contributed by atoms with E-state index in [1.54, 1.807) is 0 Å². The molecule has 1 fully saturated rings. The van der Waals surface area contributed by atoms with E-state index < -0.39 is 0 Å². The number of nitrogens with two attached hydrogens (primary N) is 1. The molecule has 16 heavy (non-hydrogen) atoms. The lowest BCUT2D eigenvalue weighted by atomic mass is 9.97. The summed E-state index contributed by atoms with van der Waals surface area (Å²) in [4.78, 5) is 6.81. The molecule has 5 heteroatoms. The Morgan fingerprint density at radius 1 is 1.44 bits per heavy atom. The normalized spacial score (nSPS) is 18.4. The SMILES string of the molecule is Cl.Cn1ccnc1CN1CCC(CN)CC1. The number of likely N-dealkylation sites (tertiary alicyclic amines) is 1. The van der Waals surface area contributed by atoms with E-state index in [1.165, 1.54) is 12.8 Å². The Morgan fingerprint density at radius 2 is 2.12 bits per heavy atom. The average molecular weight is 245 g/mol. The van der Waals surface area contributed by atoms with Gasteiger partial charge >= 0.3 is 0 Å². The number of halogens is 1. The van der Waals surface area contributed by atoms with E-state index in [0.717, 1.165) is 37.9 Å². The molecule has 0 spiro atoms. The average Bonchev–Trinajstić information content (AvgIpc) is 2.66. The number of hydrogen-bond donors (Lipinski definition) is 1. The number of nitrogens with zero attached hydrogens (tertiary/aromatic N) is 3. The molecular weight excluding hydrogens is 224 g/mol. The Balaban J connectivity index is 0.00000128. The van der Waals surface area contributed by atoms with Crippen LogP contribution in [0.4, 0.5) is 0 Å². The fourth-order valence-electron chi connectivity index (χ4n) is 2.13. The standard InChI is InChI=1S/C11H20N4.ClH/c1-14-7-4-13-11(14)9-15-5-2-10(8-12)3-6-15;/h4,7,10H,2-3,5-6,8-9,12H2,1H3;1H. The molecule has 92 valence electrons. The third-order valence-corrected chi connectivity index (χ3v) is 3.33. The molecule has 1 aliphatic heterocycles. The summed E-state index contributed by atoms with van der Waals surface area (Å²) in [6.45, 7) is 4.14. The molecule has 1 aromatic rings. The number of aryl methyl sites for hydroxylation is 1. The third-order valence-electron chi connectivity index (χ3n) is 3.33. The van der Waals surface area contributed by atoms with Gasteiger partial charge < -0.3 is 10.3 Å². The van der Waals surface area contributed by atoms with E-state index in [-0.39, 0.29) is 12.4 Å². The first-order valence-corrected chi connectivity index (χ1v) is 5.68. The van der Waals surface area contributed by atoms with Gasteiger partial charge in [0.15, 0.2) is 0 Å². The molecule has 0 saturated carbocycles. The first kappa shape index (κ1) is 13.5. The zero-order valence-corrected chi connectivity index (χ0v) is 10.6. The minimum absolute atomic E-state index is 0. The van der Waals surface area contributed by atoms with Crippen molar-refractivity contribution in [3.8, 4) is 0 Å². The molecule has 0 amide bonds. The fraction of sp³-hybridized carbons (Fsp3) is 0.727. The maximum Gasteiger partial charge on any atom is 0.122 e. The van der Waals surface area contributed by atoms with Crippen molar-refractivity contribution >= 4 is 12.4 Å². The molecule has 0 aliphatic carbocycles. The van der Waals surface area contributed by atoms with Gasteiger partial charge in [0.25, 0.3) is 0 Å². The minimum atomic E-state index is 0. The topological polar surface area (TPSA) is 47.1 Å². The van der Waals surface area contributed by atoms with Crippen LogP contribution in [0.3, 0.4) is 0 Å². The maximum atomic E-state index is 5.67. The highest BCUT2D eigenvalue weighted by atomic mass is 35.5. The van der Waals surface area contributed by atoms with E-state index in [4.69, 9.17) is 5.73 Å². The second kappa shape index (κ2) is 6.23. The van der Waals surface area contributed by atoms with Crippen molar-refractivity contribution < 1.29 is 0 Å². The van der Waals surface area contributed by atoms with Gasteiger partial charge in [-0.05, 0) is 38.4 Å². The Kier molecular flexibility index (Phi) is 5.25. The molecular formula is C11H21ClN4. The number of imidazole rings is 1. The van der Waals surface area contributed by atoms with Gasteiger partial charge in [-0.15, -0.1) is 12.4 Å². The molecule has 0 bridgehead atoms. The van der Waals surface area contributed by atoms with Crippen molar-refractivity contribution in [3.63, 3.8) is 0 Å². The molecule has 1 aliphatic rings. The van der Waals surface area contributed by atoms with Gasteiger partial charge in [-0.3, -0.25) is 4.90 Å². The third kappa shape index (κ3) is 3.20. The lowest BCUT2D eigenvalue weighted by molar-refractivity contribution is 0.175. The molecule has 0 radical (unpaired) electrons. The molecule has 1 saturated heterocycles. The maximum absolute atomic E-state index is 5.67. The van der Waals surface area contributed by atoms with Crippen molar-refractivity contribution in [2.45, 2.75) is 19.4 Å². The van der Waals surface area contributed by atoms with Gasteiger partial charge in [0.2, 0.25) is 0 Å². The summed E-state index contributed by atoms with van der Waals surface area (Å²) >= 11 is 0. The van der Waals surface area contributed by atoms with Crippen LogP contribution >= 0.6 is 12.4 Å². The Morgan fingerprint density at radius 3 is 2.62 bits per heavy atom. The number of hydrogen-bond acceptors (Lipinski definition) is 3. The highest BCUT2D eigenvalue weighted by Gasteiger charge is 2.18. The van der Waals surface area contributed by atoms with E-state index in [0.29, 0.717) is 0 Å². The summed E-state index contributed by atoms with van der Waals surface area (Å²) in [5, 5.41) is 0. The Bertz CT molecular complexity index is 305. The molecule has 2 heterocycles. The fourth-order valence-corrected chi connectivity index (χ4v) is 2.13. The number of aromatic nitrogens is 2. The molecule has 0 atom stereocenters. The van der Waals surface area contributed by atoms with Crippen molar-refractivity contribution in [2.75, 3.05) is 19.6 Å². The molecule has 0 aromatic carbocycles. The van der Waals surface area contributed by atoms with Crippen molar-refractivity contribution in [2.24, 2.45) is 18.7 Å². The van der Waals surface area contributed by atoms with Gasteiger partial charge in [-0.25, -0.2) is 4.98 Å². The minimum Gasteiger partial charge on any atom is -0.337 e. The van der Waals surface area contributed by atoms with E-state index in [1.807, 2.05) is 12.4 Å². The summed E-state index contributed by atoms with van der Waals surface area (Å²) < 4.78 is 2.09. The van der Waals surface area contributed by atoms with E-state index in [2.05, 4.69) is 21.5 Å². The quantitative estimate of drug-likeness (QED) is 0.864. The zero-order valence-electron chi connectivity index (χ0n) is 9.80. The van der Waals surface area contributed by atoms with Gasteiger partial charge in [0, 0.05) is 19.4 Å². The van der Waals surface area contributed by atoms with Gasteiger partial charge in [0.1, 0.15) is 5.82 Å².